The Balaban J connectivity index is 1.88. The third-order valence-corrected chi connectivity index (χ3v) is 4.79. The average molecular weight is 367 g/mol. The predicted octanol–water partition coefficient (Wildman–Crippen LogP) is 2.71. The Kier molecular flexibility index (Phi) is 5.34. The molecule has 1 aromatic heterocycles. The van der Waals surface area contributed by atoms with Crippen molar-refractivity contribution in [2.24, 2.45) is 5.92 Å². The van der Waals surface area contributed by atoms with Crippen LogP contribution in [0.25, 0.3) is 11.4 Å². The van der Waals surface area contributed by atoms with Crippen LogP contribution >= 0.6 is 11.6 Å². The highest BCUT2D eigenvalue weighted by Gasteiger charge is 2.22. The lowest BCUT2D eigenvalue weighted by molar-refractivity contribution is -0.137. The molecule has 0 bridgehead atoms. The quantitative estimate of drug-likeness (QED) is 0.881. The highest BCUT2D eigenvalue weighted by molar-refractivity contribution is 6.33. The summed E-state index contributed by atoms with van der Waals surface area (Å²) in [6, 6.07) is 3.96. The van der Waals surface area contributed by atoms with E-state index in [0.717, 1.165) is 25.9 Å². The Morgan fingerprint density at radius 3 is 2.76 bits per heavy atom. The van der Waals surface area contributed by atoms with Crippen molar-refractivity contribution in [3.63, 3.8) is 0 Å². The summed E-state index contributed by atoms with van der Waals surface area (Å²) in [6.45, 7) is 1.76. The van der Waals surface area contributed by atoms with E-state index in [1.807, 2.05) is 0 Å². The van der Waals surface area contributed by atoms with E-state index in [0.29, 0.717) is 29.6 Å². The molecule has 0 unspecified atom stereocenters. The van der Waals surface area contributed by atoms with Gasteiger partial charge in [-0.05, 0) is 57.1 Å². The molecule has 6 nitrogen and oxygen atoms in total. The monoisotopic (exact) mass is 366 g/mol. The molecule has 2 heterocycles. The Bertz CT molecular complexity index is 772. The standard InChI is InChI=1S/C17H20ClFN4O2/c1-22-6-4-11(5-7-22)8-15-20-17(23(21-15)10-16(24)25)13-3-2-12(19)9-14(13)18/h2-3,9,11H,4-8,10H2,1H3,(H,24,25). The van der Waals surface area contributed by atoms with Gasteiger partial charge in [-0.1, -0.05) is 11.6 Å². The Morgan fingerprint density at radius 1 is 1.40 bits per heavy atom. The van der Waals surface area contributed by atoms with E-state index in [2.05, 4.69) is 22.0 Å². The summed E-state index contributed by atoms with van der Waals surface area (Å²) in [5.74, 6) is -0.0326. The van der Waals surface area contributed by atoms with Crippen LogP contribution in [0.1, 0.15) is 18.7 Å². The van der Waals surface area contributed by atoms with Crippen molar-refractivity contribution in [3.8, 4) is 11.4 Å². The van der Waals surface area contributed by atoms with Crippen molar-refractivity contribution < 1.29 is 14.3 Å². The number of carboxylic acid groups (broad SMARTS) is 1. The number of halogens is 2. The molecule has 0 amide bonds. The highest BCUT2D eigenvalue weighted by Crippen LogP contribution is 2.28. The first kappa shape index (κ1) is 17.8. The van der Waals surface area contributed by atoms with E-state index < -0.39 is 11.8 Å². The summed E-state index contributed by atoms with van der Waals surface area (Å²) in [7, 11) is 2.10. The highest BCUT2D eigenvalue weighted by atomic mass is 35.5. The van der Waals surface area contributed by atoms with E-state index in [1.54, 1.807) is 0 Å². The van der Waals surface area contributed by atoms with Crippen LogP contribution in [0, 0.1) is 11.7 Å². The normalized spacial score (nSPS) is 16.3. The Hall–Kier alpha value is -1.99. The largest absolute Gasteiger partial charge is 0.480 e. The predicted molar refractivity (Wildman–Crippen MR) is 92.0 cm³/mol. The van der Waals surface area contributed by atoms with Gasteiger partial charge in [0.15, 0.2) is 11.6 Å². The van der Waals surface area contributed by atoms with Crippen LogP contribution in [0.4, 0.5) is 4.39 Å². The summed E-state index contributed by atoms with van der Waals surface area (Å²) in [4.78, 5) is 17.9. The van der Waals surface area contributed by atoms with Crippen molar-refractivity contribution in [1.29, 1.82) is 0 Å². The number of carboxylic acids is 1. The van der Waals surface area contributed by atoms with Crippen molar-refractivity contribution in [2.75, 3.05) is 20.1 Å². The fourth-order valence-electron chi connectivity index (χ4n) is 3.11. The zero-order valence-corrected chi connectivity index (χ0v) is 14.7. The number of carbonyl (C=O) groups is 1. The second kappa shape index (κ2) is 7.49. The minimum absolute atomic E-state index is 0.185. The van der Waals surface area contributed by atoms with Crippen LogP contribution < -0.4 is 0 Å². The van der Waals surface area contributed by atoms with Gasteiger partial charge in [0.1, 0.15) is 12.4 Å². The van der Waals surface area contributed by atoms with Gasteiger partial charge in [-0.3, -0.25) is 4.79 Å². The number of aromatic nitrogens is 3. The topological polar surface area (TPSA) is 71.2 Å². The summed E-state index contributed by atoms with van der Waals surface area (Å²) >= 11 is 6.12. The molecule has 0 atom stereocenters. The van der Waals surface area contributed by atoms with Crippen LogP contribution in [0.5, 0.6) is 0 Å². The molecule has 8 heteroatoms. The van der Waals surface area contributed by atoms with Gasteiger partial charge in [0.25, 0.3) is 0 Å². The zero-order chi connectivity index (χ0) is 18.0. The van der Waals surface area contributed by atoms with Gasteiger partial charge in [0.2, 0.25) is 0 Å². The molecular weight excluding hydrogens is 347 g/mol. The number of nitrogens with zero attached hydrogens (tertiary/aromatic N) is 4. The molecule has 25 heavy (non-hydrogen) atoms. The van der Waals surface area contributed by atoms with Gasteiger partial charge in [0, 0.05) is 12.0 Å². The van der Waals surface area contributed by atoms with Crippen LogP contribution in [0.15, 0.2) is 18.2 Å². The van der Waals surface area contributed by atoms with E-state index >= 15 is 0 Å². The number of aliphatic carboxylic acids is 1. The molecule has 0 radical (unpaired) electrons. The maximum Gasteiger partial charge on any atom is 0.325 e. The van der Waals surface area contributed by atoms with Crippen molar-refractivity contribution in [2.45, 2.75) is 25.8 Å². The number of piperidine rings is 1. The number of rotatable bonds is 5. The summed E-state index contributed by atoms with van der Waals surface area (Å²) in [5.41, 5.74) is 0.478. The molecule has 134 valence electrons. The molecular formula is C17H20ClFN4O2. The molecule has 0 saturated carbocycles. The van der Waals surface area contributed by atoms with Crippen LogP contribution in [0.3, 0.4) is 0 Å². The maximum absolute atomic E-state index is 13.3. The SMILES string of the molecule is CN1CCC(Cc2nc(-c3ccc(F)cc3Cl)n(CC(=O)O)n2)CC1. The lowest BCUT2D eigenvalue weighted by atomic mass is 9.94. The number of likely N-dealkylation sites (tertiary alicyclic amines) is 1. The summed E-state index contributed by atoms with van der Waals surface area (Å²) in [5, 5.41) is 13.7. The van der Waals surface area contributed by atoms with E-state index in [1.165, 1.54) is 22.9 Å². The smallest absolute Gasteiger partial charge is 0.325 e. The second-order valence-corrected chi connectivity index (χ2v) is 6.89. The van der Waals surface area contributed by atoms with Gasteiger partial charge in [-0.15, -0.1) is 0 Å². The van der Waals surface area contributed by atoms with Gasteiger partial charge in [-0.25, -0.2) is 14.1 Å². The Morgan fingerprint density at radius 2 is 2.12 bits per heavy atom. The molecule has 1 saturated heterocycles. The minimum atomic E-state index is -1.02. The van der Waals surface area contributed by atoms with Crippen molar-refractivity contribution in [3.05, 3.63) is 34.9 Å². The third-order valence-electron chi connectivity index (χ3n) is 4.48. The van der Waals surface area contributed by atoms with E-state index in [-0.39, 0.29) is 11.6 Å². The number of hydrogen-bond donors (Lipinski definition) is 1. The third kappa shape index (κ3) is 4.35. The maximum atomic E-state index is 13.3. The molecule has 1 N–H and O–H groups in total. The second-order valence-electron chi connectivity index (χ2n) is 6.48. The van der Waals surface area contributed by atoms with Gasteiger partial charge >= 0.3 is 5.97 Å². The fourth-order valence-corrected chi connectivity index (χ4v) is 3.36. The molecule has 1 fully saturated rings. The first-order valence-electron chi connectivity index (χ1n) is 8.22. The zero-order valence-electron chi connectivity index (χ0n) is 14.0. The Labute approximate surface area is 150 Å². The summed E-state index contributed by atoms with van der Waals surface area (Å²) in [6.07, 6.45) is 2.83. The lowest BCUT2D eigenvalue weighted by Crippen LogP contribution is -2.31. The molecule has 0 spiro atoms. The van der Waals surface area contributed by atoms with Crippen LogP contribution in [-0.4, -0.2) is 50.9 Å². The number of hydrogen-bond acceptors (Lipinski definition) is 4. The lowest BCUT2D eigenvalue weighted by Gasteiger charge is -2.28. The van der Waals surface area contributed by atoms with Gasteiger partial charge < -0.3 is 10.0 Å². The van der Waals surface area contributed by atoms with Gasteiger partial charge in [0.05, 0.1) is 5.02 Å². The van der Waals surface area contributed by atoms with Crippen molar-refractivity contribution in [1.82, 2.24) is 19.7 Å². The first-order valence-corrected chi connectivity index (χ1v) is 8.59. The first-order chi connectivity index (χ1) is 11.9. The molecule has 2 aromatic rings. The molecule has 0 aliphatic carbocycles. The van der Waals surface area contributed by atoms with Gasteiger partial charge in [-0.2, -0.15) is 5.10 Å². The van der Waals surface area contributed by atoms with E-state index in [4.69, 9.17) is 16.7 Å². The molecule has 3 rings (SSSR count). The van der Waals surface area contributed by atoms with Crippen LogP contribution in [0.2, 0.25) is 5.02 Å². The van der Waals surface area contributed by atoms with Crippen LogP contribution in [-0.2, 0) is 17.8 Å². The molecule has 1 aliphatic rings. The van der Waals surface area contributed by atoms with Crippen molar-refractivity contribution >= 4 is 17.6 Å². The molecule has 1 aromatic carbocycles. The summed E-state index contributed by atoms with van der Waals surface area (Å²) < 4.78 is 14.6. The number of benzene rings is 1. The fraction of sp³-hybridized carbons (Fsp3) is 0.471. The van der Waals surface area contributed by atoms with E-state index in [9.17, 15) is 9.18 Å². The average Bonchev–Trinajstić information content (AvgIpc) is 2.91. The molecule has 1 aliphatic heterocycles. The minimum Gasteiger partial charge on any atom is -0.480 e.